The molecule has 1 amide bonds. The molecule has 0 aliphatic carbocycles. The molecule has 1 aromatic carbocycles. The van der Waals surface area contributed by atoms with E-state index in [1.807, 2.05) is 13.0 Å². The molecule has 7 nitrogen and oxygen atoms in total. The van der Waals surface area contributed by atoms with Crippen LogP contribution in [0.2, 0.25) is 0 Å². The Morgan fingerprint density at radius 2 is 2.13 bits per heavy atom. The summed E-state index contributed by atoms with van der Waals surface area (Å²) in [6.07, 6.45) is 6.89. The van der Waals surface area contributed by atoms with Crippen molar-refractivity contribution in [2.75, 3.05) is 12.3 Å². The number of nitrogens with one attached hydrogen (secondary N) is 1. The molecule has 0 spiro atoms. The Bertz CT molecular complexity index is 1160. The van der Waals surface area contributed by atoms with Gasteiger partial charge in [0, 0.05) is 29.8 Å². The first kappa shape index (κ1) is 21.6. The molecule has 1 unspecified atom stereocenters. The van der Waals surface area contributed by atoms with Gasteiger partial charge in [0.05, 0.1) is 23.2 Å². The topological polar surface area (TPSA) is 84.3 Å². The molecule has 2 aromatic rings. The Morgan fingerprint density at radius 3 is 2.87 bits per heavy atom. The van der Waals surface area contributed by atoms with Crippen molar-refractivity contribution < 1.29 is 22.0 Å². The van der Waals surface area contributed by atoms with Crippen molar-refractivity contribution in [2.24, 2.45) is 0 Å². The minimum atomic E-state index is -3.71. The van der Waals surface area contributed by atoms with Crippen molar-refractivity contribution >= 4 is 22.1 Å². The molecule has 0 bridgehead atoms. The average Bonchev–Trinajstić information content (AvgIpc) is 3.36. The Morgan fingerprint density at radius 1 is 1.35 bits per heavy atom. The van der Waals surface area contributed by atoms with E-state index in [1.54, 1.807) is 10.9 Å². The van der Waals surface area contributed by atoms with Gasteiger partial charge in [-0.05, 0) is 57.5 Å². The fourth-order valence-corrected chi connectivity index (χ4v) is 4.98. The molecule has 1 aromatic heterocycles. The second-order valence-electron chi connectivity index (χ2n) is 8.15. The van der Waals surface area contributed by atoms with Gasteiger partial charge in [-0.3, -0.25) is 9.69 Å². The van der Waals surface area contributed by atoms with Crippen LogP contribution in [0.25, 0.3) is 6.20 Å². The number of sulfonamides is 1. The molecule has 0 radical (unpaired) electrons. The second-order valence-corrected chi connectivity index (χ2v) is 10.2. The van der Waals surface area contributed by atoms with Gasteiger partial charge in [-0.1, -0.05) is 0 Å². The van der Waals surface area contributed by atoms with E-state index in [2.05, 4.69) is 14.7 Å². The second kappa shape index (κ2) is 7.83. The van der Waals surface area contributed by atoms with E-state index in [-0.39, 0.29) is 17.4 Å². The van der Waals surface area contributed by atoms with Crippen LogP contribution in [0.5, 0.6) is 0 Å². The fraction of sp³-hybridized carbons (Fsp3) is 0.429. The Kier molecular flexibility index (Phi) is 5.47. The molecule has 2 atom stereocenters. The van der Waals surface area contributed by atoms with Gasteiger partial charge >= 0.3 is 0 Å². The number of benzene rings is 1. The number of aromatic nitrogens is 2. The number of amides is 1. The Hall–Kier alpha value is -2.59. The zero-order chi connectivity index (χ0) is 22.4. The summed E-state index contributed by atoms with van der Waals surface area (Å²) in [5.74, 6) is -1.87. The summed E-state index contributed by atoms with van der Waals surface area (Å²) in [4.78, 5) is 14.7. The molecule has 1 saturated heterocycles. The molecule has 166 valence electrons. The van der Waals surface area contributed by atoms with Crippen LogP contribution in [0.1, 0.15) is 54.3 Å². The van der Waals surface area contributed by atoms with Crippen molar-refractivity contribution in [1.82, 2.24) is 19.4 Å². The average molecular weight is 451 g/mol. The monoisotopic (exact) mass is 450 g/mol. The molecule has 2 aliphatic rings. The summed E-state index contributed by atoms with van der Waals surface area (Å²) in [7, 11) is -3.71. The maximum atomic E-state index is 14.5. The third-order valence-corrected chi connectivity index (χ3v) is 7.35. The molecule has 0 saturated carbocycles. The van der Waals surface area contributed by atoms with Crippen molar-refractivity contribution in [3.8, 4) is 0 Å². The van der Waals surface area contributed by atoms with E-state index < -0.39 is 33.1 Å². The van der Waals surface area contributed by atoms with E-state index in [1.165, 1.54) is 19.2 Å². The predicted octanol–water partition coefficient (Wildman–Crippen LogP) is 2.86. The molecular weight excluding hydrogens is 426 g/mol. The van der Waals surface area contributed by atoms with Crippen LogP contribution >= 0.6 is 0 Å². The molecule has 31 heavy (non-hydrogen) atoms. The van der Waals surface area contributed by atoms with Crippen LogP contribution in [0.3, 0.4) is 0 Å². The highest BCUT2D eigenvalue weighted by Gasteiger charge is 2.42. The van der Waals surface area contributed by atoms with E-state index in [0.29, 0.717) is 30.6 Å². The van der Waals surface area contributed by atoms with Gasteiger partial charge in [0.15, 0.2) is 0 Å². The van der Waals surface area contributed by atoms with Gasteiger partial charge < -0.3 is 0 Å². The van der Waals surface area contributed by atoms with E-state index in [4.69, 9.17) is 0 Å². The largest absolute Gasteiger partial charge is 0.287 e. The van der Waals surface area contributed by atoms with Gasteiger partial charge in [-0.15, -0.1) is 0 Å². The fourth-order valence-electron chi connectivity index (χ4n) is 4.45. The standard InChI is InChI=1S/C21H24F2N4O3S/c1-3-31(29,30)25-20(28)16-13-24-27-10-8-21(2,12-19(16)27)26-9-4-5-18(26)15-11-14(22)6-7-17(15)23/h6-8,10-11,13,18H,3-5,9,12H2,1-2H3,(H,25,28)/t18-,21?/m1/s1. The number of carbonyl (C=O) groups excluding carboxylic acids is 1. The molecule has 3 heterocycles. The first-order valence-electron chi connectivity index (χ1n) is 10.2. The maximum Gasteiger partial charge on any atom is 0.268 e. The van der Waals surface area contributed by atoms with E-state index >= 15 is 0 Å². The summed E-state index contributed by atoms with van der Waals surface area (Å²) in [6.45, 7) is 4.10. The number of carbonyl (C=O) groups is 1. The van der Waals surface area contributed by atoms with E-state index in [9.17, 15) is 22.0 Å². The minimum Gasteiger partial charge on any atom is -0.287 e. The first-order chi connectivity index (χ1) is 14.6. The highest BCUT2D eigenvalue weighted by atomic mass is 32.2. The molecule has 1 fully saturated rings. The van der Waals surface area contributed by atoms with Crippen LogP contribution < -0.4 is 4.72 Å². The zero-order valence-electron chi connectivity index (χ0n) is 17.3. The Balaban J connectivity index is 1.65. The number of hydrogen-bond donors (Lipinski definition) is 1. The number of halogens is 2. The lowest BCUT2D eigenvalue weighted by atomic mass is 9.88. The quantitative estimate of drug-likeness (QED) is 0.757. The predicted molar refractivity (Wildman–Crippen MR) is 112 cm³/mol. The van der Waals surface area contributed by atoms with Gasteiger partial charge in [0.1, 0.15) is 11.6 Å². The maximum absolute atomic E-state index is 14.5. The van der Waals surface area contributed by atoms with Gasteiger partial charge in [0.25, 0.3) is 5.91 Å². The van der Waals surface area contributed by atoms with Crippen LogP contribution in [0.4, 0.5) is 8.78 Å². The van der Waals surface area contributed by atoms with Crippen LogP contribution in [-0.2, 0) is 16.4 Å². The highest BCUT2D eigenvalue weighted by Crippen LogP contribution is 2.42. The SMILES string of the molecule is CCS(=O)(=O)NC(=O)c1cnn2c1CC(C)(N1CCC[C@@H]1c1cc(F)ccc1F)C=C2. The van der Waals surface area contributed by atoms with Crippen molar-refractivity contribution in [1.29, 1.82) is 0 Å². The third kappa shape index (κ3) is 4.01. The van der Waals surface area contributed by atoms with Crippen molar-refractivity contribution in [2.45, 2.75) is 44.7 Å². The highest BCUT2D eigenvalue weighted by molar-refractivity contribution is 7.90. The zero-order valence-corrected chi connectivity index (χ0v) is 18.1. The normalized spacial score (nSPS) is 23.7. The van der Waals surface area contributed by atoms with Crippen LogP contribution in [-0.4, -0.2) is 46.8 Å². The summed E-state index contributed by atoms with van der Waals surface area (Å²) in [5, 5.41) is 4.17. The first-order valence-corrected chi connectivity index (χ1v) is 11.8. The lowest BCUT2D eigenvalue weighted by molar-refractivity contribution is 0.0976. The summed E-state index contributed by atoms with van der Waals surface area (Å²) < 4.78 is 55.6. The summed E-state index contributed by atoms with van der Waals surface area (Å²) >= 11 is 0. The number of fused-ring (bicyclic) bond motifs is 1. The smallest absolute Gasteiger partial charge is 0.268 e. The number of rotatable bonds is 5. The van der Waals surface area contributed by atoms with Crippen molar-refractivity contribution in [3.63, 3.8) is 0 Å². The van der Waals surface area contributed by atoms with E-state index in [0.717, 1.165) is 18.6 Å². The third-order valence-electron chi connectivity index (χ3n) is 6.10. The van der Waals surface area contributed by atoms with Crippen LogP contribution in [0, 0.1) is 11.6 Å². The number of hydrogen-bond acceptors (Lipinski definition) is 5. The summed E-state index contributed by atoms with van der Waals surface area (Å²) in [6, 6.07) is 3.19. The lowest BCUT2D eigenvalue weighted by Crippen LogP contribution is -2.48. The van der Waals surface area contributed by atoms with Gasteiger partial charge in [-0.2, -0.15) is 5.10 Å². The van der Waals surface area contributed by atoms with Crippen LogP contribution in [0.15, 0.2) is 30.5 Å². The van der Waals surface area contributed by atoms with Crippen molar-refractivity contribution in [3.05, 3.63) is 58.9 Å². The molecule has 1 N–H and O–H groups in total. The molecule has 2 aliphatic heterocycles. The molecular formula is C21H24F2N4O3S. The number of likely N-dealkylation sites (tertiary alicyclic amines) is 1. The molecule has 10 heteroatoms. The minimum absolute atomic E-state index is 0.181. The van der Waals surface area contributed by atoms with Gasteiger partial charge in [0.2, 0.25) is 10.0 Å². The van der Waals surface area contributed by atoms with Gasteiger partial charge in [-0.25, -0.2) is 26.6 Å². The summed E-state index contributed by atoms with van der Waals surface area (Å²) in [5.41, 5.74) is 0.479. The number of nitrogens with zero attached hydrogens (tertiary/aromatic N) is 3. The molecule has 4 rings (SSSR count). The lowest BCUT2D eigenvalue weighted by Gasteiger charge is -2.42. The Labute approximate surface area is 179 Å².